The van der Waals surface area contributed by atoms with Crippen molar-refractivity contribution in [1.29, 1.82) is 0 Å². The van der Waals surface area contributed by atoms with E-state index in [1.54, 1.807) is 16.7 Å². The minimum atomic E-state index is -0.514. The number of nitrogens with one attached hydrogen (secondary N) is 1. The van der Waals surface area contributed by atoms with Crippen LogP contribution in [0.5, 0.6) is 0 Å². The maximum absolute atomic E-state index is 11.9. The summed E-state index contributed by atoms with van der Waals surface area (Å²) in [6.07, 6.45) is 3.29. The van der Waals surface area contributed by atoms with Gasteiger partial charge in [-0.1, -0.05) is 12.1 Å². The minimum absolute atomic E-state index is 0.0118. The van der Waals surface area contributed by atoms with Gasteiger partial charge in [0.15, 0.2) is 0 Å². The summed E-state index contributed by atoms with van der Waals surface area (Å²) < 4.78 is 6.72. The quantitative estimate of drug-likeness (QED) is 0.227. The summed E-state index contributed by atoms with van der Waals surface area (Å²) in [5.74, 6) is -0.514. The number of benzene rings is 2. The molecule has 0 fully saturated rings. The summed E-state index contributed by atoms with van der Waals surface area (Å²) in [4.78, 5) is 36.6. The molecule has 3 aromatic rings. The van der Waals surface area contributed by atoms with Gasteiger partial charge in [0, 0.05) is 24.8 Å². The summed E-state index contributed by atoms with van der Waals surface area (Å²) >= 11 is 0. The van der Waals surface area contributed by atoms with Gasteiger partial charge in [0.2, 0.25) is 0 Å². The van der Waals surface area contributed by atoms with Crippen LogP contribution in [-0.2, 0) is 16.1 Å². The van der Waals surface area contributed by atoms with Crippen LogP contribution in [0.15, 0.2) is 59.4 Å². The summed E-state index contributed by atoms with van der Waals surface area (Å²) in [7, 11) is 0. The van der Waals surface area contributed by atoms with Gasteiger partial charge in [0.05, 0.1) is 22.6 Å². The number of aryl methyl sites for hydroxylation is 1. The first-order valence-corrected chi connectivity index (χ1v) is 8.31. The van der Waals surface area contributed by atoms with Crippen molar-refractivity contribution in [1.82, 2.24) is 9.55 Å². The average Bonchev–Trinajstić information content (AvgIpc) is 2.99. The van der Waals surface area contributed by atoms with Crippen molar-refractivity contribution in [2.45, 2.75) is 13.0 Å². The summed E-state index contributed by atoms with van der Waals surface area (Å²) in [5.41, 5.74) is 2.03. The Hall–Kier alpha value is -3.68. The third-order valence-corrected chi connectivity index (χ3v) is 3.97. The van der Waals surface area contributed by atoms with E-state index in [9.17, 15) is 19.7 Å². The Morgan fingerprint density at radius 1 is 1.19 bits per heavy atom. The van der Waals surface area contributed by atoms with Crippen LogP contribution < -0.4 is 5.69 Å². The van der Waals surface area contributed by atoms with Crippen LogP contribution in [0.25, 0.3) is 17.1 Å². The van der Waals surface area contributed by atoms with E-state index in [0.717, 1.165) is 11.0 Å². The maximum Gasteiger partial charge on any atom is 0.330 e. The first-order valence-electron chi connectivity index (χ1n) is 8.31. The van der Waals surface area contributed by atoms with E-state index in [4.69, 9.17) is 4.74 Å². The third kappa shape index (κ3) is 4.49. The van der Waals surface area contributed by atoms with Crippen molar-refractivity contribution in [2.24, 2.45) is 0 Å². The number of imidazole rings is 1. The molecule has 0 aliphatic carbocycles. The molecule has 0 aliphatic heterocycles. The Morgan fingerprint density at radius 3 is 2.67 bits per heavy atom. The molecule has 0 saturated heterocycles. The van der Waals surface area contributed by atoms with Crippen molar-refractivity contribution in [3.63, 3.8) is 0 Å². The number of nitro groups is 1. The number of carbonyl (C=O) groups is 1. The number of nitrogens with zero attached hydrogens (tertiary/aromatic N) is 2. The molecule has 0 saturated carbocycles. The molecule has 2 aromatic carbocycles. The molecule has 8 heteroatoms. The number of fused-ring (bicyclic) bond motifs is 1. The molecule has 0 amide bonds. The first kappa shape index (κ1) is 18.1. The molecule has 27 heavy (non-hydrogen) atoms. The van der Waals surface area contributed by atoms with Crippen molar-refractivity contribution < 1.29 is 14.5 Å². The number of non-ortho nitro benzene ring substituents is 1. The number of hydrogen-bond acceptors (Lipinski definition) is 5. The molecular formula is C19H17N3O5. The van der Waals surface area contributed by atoms with E-state index in [-0.39, 0.29) is 18.0 Å². The second-order valence-corrected chi connectivity index (χ2v) is 5.80. The lowest BCUT2D eigenvalue weighted by Gasteiger charge is -2.04. The number of hydrogen-bond donors (Lipinski definition) is 1. The second kappa shape index (κ2) is 8.13. The second-order valence-electron chi connectivity index (χ2n) is 5.80. The molecule has 1 heterocycles. The Bertz CT molecular complexity index is 1050. The van der Waals surface area contributed by atoms with Gasteiger partial charge in [-0.3, -0.25) is 14.7 Å². The van der Waals surface area contributed by atoms with E-state index in [0.29, 0.717) is 18.5 Å². The van der Waals surface area contributed by atoms with Crippen molar-refractivity contribution in [3.8, 4) is 0 Å². The van der Waals surface area contributed by atoms with E-state index < -0.39 is 10.9 Å². The fourth-order valence-corrected chi connectivity index (χ4v) is 2.64. The number of H-pyrrole nitrogens is 1. The van der Waals surface area contributed by atoms with Crippen LogP contribution in [-0.4, -0.2) is 27.1 Å². The van der Waals surface area contributed by atoms with E-state index in [2.05, 4.69) is 4.98 Å². The Balaban J connectivity index is 1.48. The van der Waals surface area contributed by atoms with Gasteiger partial charge in [0.25, 0.3) is 5.69 Å². The van der Waals surface area contributed by atoms with Crippen LogP contribution in [0, 0.1) is 10.1 Å². The highest BCUT2D eigenvalue weighted by atomic mass is 16.6. The summed E-state index contributed by atoms with van der Waals surface area (Å²) in [6, 6.07) is 13.2. The molecule has 0 unspecified atom stereocenters. The monoisotopic (exact) mass is 367 g/mol. The lowest BCUT2D eigenvalue weighted by atomic mass is 10.2. The van der Waals surface area contributed by atoms with Crippen LogP contribution in [0.4, 0.5) is 5.69 Å². The molecule has 0 spiro atoms. The topological polar surface area (TPSA) is 107 Å². The van der Waals surface area contributed by atoms with Crippen molar-refractivity contribution in [2.75, 3.05) is 6.61 Å². The molecule has 8 nitrogen and oxygen atoms in total. The first-order chi connectivity index (χ1) is 13.0. The Kier molecular flexibility index (Phi) is 5.46. The predicted octanol–water partition coefficient (Wildman–Crippen LogP) is 2.88. The number of carbonyl (C=O) groups excluding carboxylic acids is 1. The number of esters is 1. The van der Waals surface area contributed by atoms with Crippen LogP contribution >= 0.6 is 0 Å². The van der Waals surface area contributed by atoms with E-state index >= 15 is 0 Å². The molecule has 138 valence electrons. The molecule has 0 atom stereocenters. The summed E-state index contributed by atoms with van der Waals surface area (Å²) in [5, 5.41) is 10.6. The highest BCUT2D eigenvalue weighted by Gasteiger charge is 2.06. The average molecular weight is 367 g/mol. The fraction of sp³-hybridized carbons (Fsp3) is 0.158. The molecule has 0 radical (unpaired) electrons. The highest BCUT2D eigenvalue weighted by Crippen LogP contribution is 2.13. The fourth-order valence-electron chi connectivity index (χ4n) is 2.64. The number of aromatic amines is 1. The van der Waals surface area contributed by atoms with Crippen LogP contribution in [0.3, 0.4) is 0 Å². The zero-order valence-electron chi connectivity index (χ0n) is 14.3. The largest absolute Gasteiger partial charge is 0.462 e. The number of nitro benzene ring substituents is 1. The van der Waals surface area contributed by atoms with Crippen LogP contribution in [0.1, 0.15) is 12.0 Å². The van der Waals surface area contributed by atoms with Crippen molar-refractivity contribution in [3.05, 3.63) is 80.8 Å². The number of aromatic nitrogens is 2. The van der Waals surface area contributed by atoms with Gasteiger partial charge < -0.3 is 9.72 Å². The molecule has 0 aliphatic rings. The van der Waals surface area contributed by atoms with Gasteiger partial charge in [0.1, 0.15) is 0 Å². The molecule has 3 rings (SSSR count). The predicted molar refractivity (Wildman–Crippen MR) is 100 cm³/mol. The zero-order chi connectivity index (χ0) is 19.2. The minimum Gasteiger partial charge on any atom is -0.462 e. The van der Waals surface area contributed by atoms with Gasteiger partial charge in [-0.25, -0.2) is 9.59 Å². The maximum atomic E-state index is 11.9. The van der Waals surface area contributed by atoms with Gasteiger partial charge >= 0.3 is 11.7 Å². The standard InChI is InChI=1S/C19H17N3O5/c23-18(11-8-14-6-9-15(10-7-14)22(25)26)27-13-3-12-21-17-5-2-1-4-16(17)20-19(21)24/h1-2,4-11H,3,12-13H2,(H,20,24)/b11-8+. The molecule has 1 aromatic heterocycles. The Labute approximate surface area is 153 Å². The normalized spacial score (nSPS) is 11.1. The van der Waals surface area contributed by atoms with Gasteiger partial charge in [-0.15, -0.1) is 0 Å². The smallest absolute Gasteiger partial charge is 0.330 e. The number of para-hydroxylation sites is 2. The number of ether oxygens (including phenoxy) is 1. The highest BCUT2D eigenvalue weighted by molar-refractivity contribution is 5.87. The summed E-state index contributed by atoms with van der Waals surface area (Å²) in [6.45, 7) is 0.609. The lowest BCUT2D eigenvalue weighted by molar-refractivity contribution is -0.384. The van der Waals surface area contributed by atoms with E-state index in [1.165, 1.54) is 24.3 Å². The van der Waals surface area contributed by atoms with E-state index in [1.807, 2.05) is 24.3 Å². The molecule has 0 bridgehead atoms. The van der Waals surface area contributed by atoms with Gasteiger partial charge in [-0.05, 0) is 42.3 Å². The lowest BCUT2D eigenvalue weighted by Crippen LogP contribution is -2.18. The van der Waals surface area contributed by atoms with Gasteiger partial charge in [-0.2, -0.15) is 0 Å². The third-order valence-electron chi connectivity index (χ3n) is 3.97. The molecule has 1 N–H and O–H groups in total. The Morgan fingerprint density at radius 2 is 1.93 bits per heavy atom. The zero-order valence-corrected chi connectivity index (χ0v) is 14.3. The van der Waals surface area contributed by atoms with Crippen molar-refractivity contribution >= 4 is 28.8 Å². The van der Waals surface area contributed by atoms with Crippen LogP contribution in [0.2, 0.25) is 0 Å². The molecular weight excluding hydrogens is 350 g/mol. The number of rotatable bonds is 7. The SMILES string of the molecule is O=C(/C=C/c1ccc([N+](=O)[O-])cc1)OCCCn1c(=O)[nH]c2ccccc21.